The molecule has 2 aliphatic rings. The Kier molecular flexibility index (Phi) is 3.89. The lowest BCUT2D eigenvalue weighted by Gasteiger charge is -2.36. The normalized spacial score (nSPS) is 30.5. The summed E-state index contributed by atoms with van der Waals surface area (Å²) in [7, 11) is 1.27. The van der Waals surface area contributed by atoms with Crippen LogP contribution in [0.25, 0.3) is 0 Å². The molecular weight excluding hydrogens is 322 g/mol. The third-order valence-corrected chi connectivity index (χ3v) is 6.30. The number of hydrogen-bond donors (Lipinski definition) is 1. The van der Waals surface area contributed by atoms with E-state index in [1.807, 2.05) is 26.8 Å². The standard InChI is InChI=1S/C19H23NO5/c1-17(2)18(3)10-11-19(17,25-16(18)23)15(22)20-13(14(21)24-4)12-8-6-5-7-9-12/h5-9,13H,10-11H2,1-4H3,(H,20,22)/t13-,18-,19+/m0/s1. The van der Waals surface area contributed by atoms with E-state index in [2.05, 4.69) is 5.32 Å². The summed E-state index contributed by atoms with van der Waals surface area (Å²) in [6, 6.07) is 7.91. The fourth-order valence-corrected chi connectivity index (χ4v) is 4.04. The van der Waals surface area contributed by atoms with Crippen molar-refractivity contribution in [1.82, 2.24) is 5.32 Å². The smallest absolute Gasteiger partial charge is 0.333 e. The largest absolute Gasteiger partial charge is 0.467 e. The maximum absolute atomic E-state index is 13.1. The van der Waals surface area contributed by atoms with Crippen molar-refractivity contribution >= 4 is 17.8 Å². The van der Waals surface area contributed by atoms with Crippen LogP contribution in [0, 0.1) is 10.8 Å². The number of amides is 1. The first kappa shape index (κ1) is 17.5. The molecule has 1 heterocycles. The van der Waals surface area contributed by atoms with Gasteiger partial charge in [-0.2, -0.15) is 0 Å². The number of esters is 2. The van der Waals surface area contributed by atoms with Crippen molar-refractivity contribution in [3.05, 3.63) is 35.9 Å². The van der Waals surface area contributed by atoms with E-state index in [1.165, 1.54) is 7.11 Å². The van der Waals surface area contributed by atoms with E-state index in [-0.39, 0.29) is 5.97 Å². The summed E-state index contributed by atoms with van der Waals surface area (Å²) in [6.07, 6.45) is 1.03. The molecule has 134 valence electrons. The molecule has 1 aromatic rings. The number of carbonyl (C=O) groups is 3. The van der Waals surface area contributed by atoms with E-state index in [9.17, 15) is 14.4 Å². The summed E-state index contributed by atoms with van der Waals surface area (Å²) in [4.78, 5) is 37.7. The van der Waals surface area contributed by atoms with Gasteiger partial charge in [-0.1, -0.05) is 44.2 Å². The fourth-order valence-electron chi connectivity index (χ4n) is 4.04. The fraction of sp³-hybridized carbons (Fsp3) is 0.526. The summed E-state index contributed by atoms with van der Waals surface area (Å²) in [5.41, 5.74) is -2.02. The number of methoxy groups -OCH3 is 1. The highest BCUT2D eigenvalue weighted by Crippen LogP contribution is 2.65. The number of ether oxygens (including phenoxy) is 2. The Morgan fingerprint density at radius 1 is 1.16 bits per heavy atom. The molecule has 0 aromatic heterocycles. The van der Waals surface area contributed by atoms with Crippen LogP contribution in [-0.4, -0.2) is 30.6 Å². The van der Waals surface area contributed by atoms with Gasteiger partial charge >= 0.3 is 11.9 Å². The van der Waals surface area contributed by atoms with Gasteiger partial charge in [0.05, 0.1) is 12.5 Å². The zero-order chi connectivity index (χ0) is 18.5. The lowest BCUT2D eigenvalue weighted by molar-refractivity contribution is -0.169. The van der Waals surface area contributed by atoms with Crippen molar-refractivity contribution in [3.63, 3.8) is 0 Å². The average Bonchev–Trinajstić information content (AvgIpc) is 2.90. The van der Waals surface area contributed by atoms with Gasteiger partial charge in [-0.15, -0.1) is 0 Å². The predicted octanol–water partition coefficient (Wildman–Crippen LogP) is 2.14. The molecule has 0 unspecified atom stereocenters. The van der Waals surface area contributed by atoms with Crippen LogP contribution in [0.2, 0.25) is 0 Å². The Morgan fingerprint density at radius 2 is 1.80 bits per heavy atom. The molecule has 3 atom stereocenters. The number of rotatable bonds is 4. The molecule has 6 heteroatoms. The first-order chi connectivity index (χ1) is 11.7. The van der Waals surface area contributed by atoms with Gasteiger partial charge in [0.1, 0.15) is 0 Å². The van der Waals surface area contributed by atoms with Gasteiger partial charge in [-0.3, -0.25) is 9.59 Å². The van der Waals surface area contributed by atoms with Crippen LogP contribution < -0.4 is 5.32 Å². The van der Waals surface area contributed by atoms with Crippen LogP contribution in [0.15, 0.2) is 30.3 Å². The van der Waals surface area contributed by atoms with E-state index in [0.29, 0.717) is 18.4 Å². The second kappa shape index (κ2) is 5.58. The molecule has 1 aliphatic heterocycles. The van der Waals surface area contributed by atoms with Crippen LogP contribution in [0.1, 0.15) is 45.2 Å². The molecule has 1 saturated carbocycles. The third-order valence-electron chi connectivity index (χ3n) is 6.30. The highest BCUT2D eigenvalue weighted by atomic mass is 16.6. The summed E-state index contributed by atoms with van der Waals surface area (Å²) in [5.74, 6) is -1.38. The van der Waals surface area contributed by atoms with E-state index < -0.39 is 34.3 Å². The second-order valence-corrected chi connectivity index (χ2v) is 7.51. The van der Waals surface area contributed by atoms with Crippen LogP contribution in [0.5, 0.6) is 0 Å². The quantitative estimate of drug-likeness (QED) is 0.846. The Hall–Kier alpha value is -2.37. The number of hydrogen-bond acceptors (Lipinski definition) is 5. The van der Waals surface area contributed by atoms with Gasteiger partial charge in [-0.05, 0) is 25.3 Å². The first-order valence-electron chi connectivity index (χ1n) is 8.37. The maximum Gasteiger partial charge on any atom is 0.333 e. The molecule has 1 N–H and O–H groups in total. The molecule has 2 fully saturated rings. The average molecular weight is 345 g/mol. The highest BCUT2D eigenvalue weighted by Gasteiger charge is 2.75. The summed E-state index contributed by atoms with van der Waals surface area (Å²) in [6.45, 7) is 5.59. The Balaban J connectivity index is 1.93. The zero-order valence-corrected chi connectivity index (χ0v) is 14.9. The topological polar surface area (TPSA) is 81.7 Å². The minimum atomic E-state index is -1.26. The van der Waals surface area contributed by atoms with Crippen molar-refractivity contribution in [1.29, 1.82) is 0 Å². The third kappa shape index (κ3) is 2.19. The van der Waals surface area contributed by atoms with Crippen LogP contribution in [-0.2, 0) is 23.9 Å². The van der Waals surface area contributed by atoms with Crippen molar-refractivity contribution in [2.45, 2.75) is 45.3 Å². The lowest BCUT2D eigenvalue weighted by atomic mass is 9.66. The monoisotopic (exact) mass is 345 g/mol. The molecule has 6 nitrogen and oxygen atoms in total. The van der Waals surface area contributed by atoms with E-state index in [4.69, 9.17) is 9.47 Å². The van der Waals surface area contributed by atoms with E-state index in [1.54, 1.807) is 24.3 Å². The van der Waals surface area contributed by atoms with Gasteiger partial charge < -0.3 is 14.8 Å². The highest BCUT2D eigenvalue weighted by molar-refractivity contribution is 5.98. The Morgan fingerprint density at radius 3 is 2.28 bits per heavy atom. The second-order valence-electron chi connectivity index (χ2n) is 7.51. The van der Waals surface area contributed by atoms with Crippen molar-refractivity contribution in [2.24, 2.45) is 10.8 Å². The number of nitrogens with one attached hydrogen (secondary N) is 1. The van der Waals surface area contributed by atoms with Gasteiger partial charge in [0.25, 0.3) is 5.91 Å². The van der Waals surface area contributed by atoms with Gasteiger partial charge in [0.2, 0.25) is 0 Å². The first-order valence-corrected chi connectivity index (χ1v) is 8.37. The molecule has 0 radical (unpaired) electrons. The van der Waals surface area contributed by atoms with Gasteiger partial charge in [0.15, 0.2) is 11.6 Å². The number of carbonyl (C=O) groups excluding carboxylic acids is 3. The Bertz CT molecular complexity index is 729. The van der Waals surface area contributed by atoms with Crippen molar-refractivity contribution < 1.29 is 23.9 Å². The zero-order valence-electron chi connectivity index (χ0n) is 14.9. The van der Waals surface area contributed by atoms with Crippen molar-refractivity contribution in [3.8, 4) is 0 Å². The molecule has 1 aromatic carbocycles. The SMILES string of the molecule is COC(=O)[C@@H](NC(=O)[C@@]12CC[C@@](C)(C(=O)O1)C2(C)C)c1ccccc1. The molecule has 25 heavy (non-hydrogen) atoms. The van der Waals surface area contributed by atoms with Gasteiger partial charge in [-0.25, -0.2) is 4.79 Å². The van der Waals surface area contributed by atoms with Crippen LogP contribution in [0.4, 0.5) is 0 Å². The number of benzene rings is 1. The van der Waals surface area contributed by atoms with E-state index in [0.717, 1.165) is 0 Å². The summed E-state index contributed by atoms with van der Waals surface area (Å²) < 4.78 is 10.4. The predicted molar refractivity (Wildman–Crippen MR) is 89.3 cm³/mol. The summed E-state index contributed by atoms with van der Waals surface area (Å²) >= 11 is 0. The minimum Gasteiger partial charge on any atom is -0.467 e. The molecule has 1 amide bonds. The lowest BCUT2D eigenvalue weighted by Crippen LogP contribution is -2.55. The maximum atomic E-state index is 13.1. The number of fused-ring (bicyclic) bond motifs is 2. The summed E-state index contributed by atoms with van der Waals surface area (Å²) in [5, 5.41) is 2.75. The molecule has 2 bridgehead atoms. The van der Waals surface area contributed by atoms with Crippen molar-refractivity contribution in [2.75, 3.05) is 7.11 Å². The Labute approximate surface area is 146 Å². The molecule has 1 saturated heterocycles. The molecular formula is C19H23NO5. The molecule has 0 spiro atoms. The molecule has 1 aliphatic carbocycles. The van der Waals surface area contributed by atoms with Gasteiger partial charge in [0, 0.05) is 5.41 Å². The minimum absolute atomic E-state index is 0.353. The molecule has 3 rings (SSSR count). The van der Waals surface area contributed by atoms with Crippen LogP contribution >= 0.6 is 0 Å². The van der Waals surface area contributed by atoms with Crippen LogP contribution in [0.3, 0.4) is 0 Å². The van der Waals surface area contributed by atoms with E-state index >= 15 is 0 Å².